The normalized spacial score (nSPS) is 27.5. The summed E-state index contributed by atoms with van der Waals surface area (Å²) in [7, 11) is 0. The van der Waals surface area contributed by atoms with E-state index in [2.05, 4.69) is 15.9 Å². The fourth-order valence-corrected chi connectivity index (χ4v) is 1.95. The Morgan fingerprint density at radius 1 is 1.42 bits per heavy atom. The molecule has 1 nitrogen and oxygen atoms in total. The highest BCUT2D eigenvalue weighted by Crippen LogP contribution is 2.28. The van der Waals surface area contributed by atoms with Crippen LogP contribution in [-0.4, -0.2) is 29.6 Å². The molecule has 1 aliphatic heterocycles. The van der Waals surface area contributed by atoms with E-state index < -0.39 is 6.30 Å². The number of piperidine rings is 1. The summed E-state index contributed by atoms with van der Waals surface area (Å²) >= 11 is 3.21. The largest absolute Gasteiger partial charge is 0.459 e. The predicted octanol–water partition coefficient (Wildman–Crippen LogP) is 2.61. The zero-order valence-corrected chi connectivity index (χ0v) is 8.16. The van der Waals surface area contributed by atoms with E-state index in [1.807, 2.05) is 0 Å². The molecular formula is C7H11BrF3N. The molecule has 5 heteroatoms. The summed E-state index contributed by atoms with van der Waals surface area (Å²) in [5, 5.41) is 0.666. The zero-order chi connectivity index (χ0) is 9.19. The second-order valence-electron chi connectivity index (χ2n) is 3.08. The van der Waals surface area contributed by atoms with E-state index in [1.165, 1.54) is 0 Å². The molecule has 1 saturated heterocycles. The fraction of sp³-hybridized carbons (Fsp3) is 1.00. The smallest absolute Gasteiger partial charge is 0.214 e. The summed E-state index contributed by atoms with van der Waals surface area (Å²) in [6.45, 7) is 0.307. The molecule has 72 valence electrons. The molecule has 0 saturated carbocycles. The van der Waals surface area contributed by atoms with Gasteiger partial charge in [-0.2, -0.15) is 13.2 Å². The van der Waals surface area contributed by atoms with Gasteiger partial charge in [0, 0.05) is 18.4 Å². The molecular weight excluding hydrogens is 235 g/mol. The standard InChI is InChI=1S/C7H11BrF3N/c8-4-6-2-1-3-12(5-6)7(9,10)11/h6H,1-5H2. The van der Waals surface area contributed by atoms with E-state index in [0.717, 1.165) is 6.42 Å². The van der Waals surface area contributed by atoms with Gasteiger partial charge in [0.2, 0.25) is 0 Å². The van der Waals surface area contributed by atoms with Gasteiger partial charge in [0.05, 0.1) is 0 Å². The van der Waals surface area contributed by atoms with E-state index in [0.29, 0.717) is 16.7 Å². The lowest BCUT2D eigenvalue weighted by atomic mass is 10.0. The minimum absolute atomic E-state index is 0.148. The van der Waals surface area contributed by atoms with Gasteiger partial charge in [0.25, 0.3) is 0 Å². The average molecular weight is 246 g/mol. The van der Waals surface area contributed by atoms with Crippen molar-refractivity contribution >= 4 is 15.9 Å². The van der Waals surface area contributed by atoms with Crippen molar-refractivity contribution in [2.24, 2.45) is 5.92 Å². The van der Waals surface area contributed by atoms with Crippen molar-refractivity contribution < 1.29 is 13.2 Å². The molecule has 1 rings (SSSR count). The van der Waals surface area contributed by atoms with Gasteiger partial charge in [-0.1, -0.05) is 15.9 Å². The third-order valence-electron chi connectivity index (χ3n) is 2.10. The van der Waals surface area contributed by atoms with Gasteiger partial charge in [0.1, 0.15) is 0 Å². The number of halogens is 4. The van der Waals surface area contributed by atoms with Gasteiger partial charge >= 0.3 is 6.30 Å². The first kappa shape index (κ1) is 10.3. The lowest BCUT2D eigenvalue weighted by molar-refractivity contribution is -0.252. The van der Waals surface area contributed by atoms with Crippen LogP contribution in [0.3, 0.4) is 0 Å². The van der Waals surface area contributed by atoms with Crippen LogP contribution in [0.4, 0.5) is 13.2 Å². The van der Waals surface area contributed by atoms with Crippen molar-refractivity contribution in [2.45, 2.75) is 19.1 Å². The molecule has 0 aromatic carbocycles. The summed E-state index contributed by atoms with van der Waals surface area (Å²) < 4.78 is 36.5. The van der Waals surface area contributed by atoms with E-state index >= 15 is 0 Å². The van der Waals surface area contributed by atoms with Crippen molar-refractivity contribution in [3.05, 3.63) is 0 Å². The molecule has 12 heavy (non-hydrogen) atoms. The molecule has 0 aliphatic carbocycles. The second-order valence-corrected chi connectivity index (χ2v) is 3.72. The molecule has 0 amide bonds. The molecule has 0 aromatic rings. The molecule has 1 unspecified atom stereocenters. The van der Waals surface area contributed by atoms with Crippen molar-refractivity contribution in [3.8, 4) is 0 Å². The molecule has 0 radical (unpaired) electrons. The van der Waals surface area contributed by atoms with Gasteiger partial charge in [-0.05, 0) is 18.8 Å². The Balaban J connectivity index is 2.46. The van der Waals surface area contributed by atoms with Crippen LogP contribution in [0.1, 0.15) is 12.8 Å². The van der Waals surface area contributed by atoms with Crippen molar-refractivity contribution in [1.29, 1.82) is 0 Å². The topological polar surface area (TPSA) is 3.24 Å². The maximum Gasteiger partial charge on any atom is 0.459 e. The third-order valence-corrected chi connectivity index (χ3v) is 3.01. The lowest BCUT2D eigenvalue weighted by Crippen LogP contribution is -2.45. The highest BCUT2D eigenvalue weighted by Gasteiger charge is 2.39. The zero-order valence-electron chi connectivity index (χ0n) is 6.57. The van der Waals surface area contributed by atoms with Gasteiger partial charge in [0.15, 0.2) is 0 Å². The molecule has 1 aliphatic rings. The van der Waals surface area contributed by atoms with E-state index in [-0.39, 0.29) is 19.0 Å². The number of nitrogens with zero attached hydrogens (tertiary/aromatic N) is 1. The van der Waals surface area contributed by atoms with Crippen LogP contribution in [0.25, 0.3) is 0 Å². The molecule has 1 atom stereocenters. The summed E-state index contributed by atoms with van der Waals surface area (Å²) in [5.41, 5.74) is 0. The van der Waals surface area contributed by atoms with Crippen LogP contribution in [0.2, 0.25) is 0 Å². The minimum Gasteiger partial charge on any atom is -0.214 e. The van der Waals surface area contributed by atoms with Crippen LogP contribution in [0.5, 0.6) is 0 Å². The number of hydrogen-bond acceptors (Lipinski definition) is 1. The first-order valence-corrected chi connectivity index (χ1v) is 5.04. The lowest BCUT2D eigenvalue weighted by Gasteiger charge is -2.32. The number of likely N-dealkylation sites (tertiary alicyclic amines) is 1. The van der Waals surface area contributed by atoms with Crippen molar-refractivity contribution in [2.75, 3.05) is 18.4 Å². The second kappa shape index (κ2) is 3.96. The van der Waals surface area contributed by atoms with E-state index in [4.69, 9.17) is 0 Å². The number of rotatable bonds is 1. The summed E-state index contributed by atoms with van der Waals surface area (Å²) in [4.78, 5) is 0.600. The Bertz CT molecular complexity index is 148. The highest BCUT2D eigenvalue weighted by atomic mass is 79.9. The Hall–Kier alpha value is 0.230. The first-order chi connectivity index (χ1) is 5.54. The highest BCUT2D eigenvalue weighted by molar-refractivity contribution is 9.09. The fourth-order valence-electron chi connectivity index (χ4n) is 1.42. The molecule has 0 bridgehead atoms. The van der Waals surface area contributed by atoms with Gasteiger partial charge in [-0.15, -0.1) is 0 Å². The van der Waals surface area contributed by atoms with Crippen molar-refractivity contribution in [1.82, 2.24) is 4.90 Å². The van der Waals surface area contributed by atoms with Gasteiger partial charge < -0.3 is 0 Å². The van der Waals surface area contributed by atoms with Crippen LogP contribution in [-0.2, 0) is 0 Å². The molecule has 1 heterocycles. The monoisotopic (exact) mass is 245 g/mol. The van der Waals surface area contributed by atoms with Crippen LogP contribution in [0.15, 0.2) is 0 Å². The minimum atomic E-state index is -4.14. The molecule has 0 spiro atoms. The molecule has 0 aromatic heterocycles. The van der Waals surface area contributed by atoms with Gasteiger partial charge in [-0.3, -0.25) is 0 Å². The van der Waals surface area contributed by atoms with E-state index in [1.54, 1.807) is 0 Å². The quantitative estimate of drug-likeness (QED) is 0.507. The Kier molecular flexibility index (Phi) is 3.40. The van der Waals surface area contributed by atoms with Crippen LogP contribution < -0.4 is 0 Å². The Labute approximate surface area is 78.0 Å². The third kappa shape index (κ3) is 2.62. The first-order valence-electron chi connectivity index (χ1n) is 3.92. The molecule has 0 N–H and O–H groups in total. The number of alkyl halides is 4. The van der Waals surface area contributed by atoms with Gasteiger partial charge in [-0.25, -0.2) is 4.90 Å². The Morgan fingerprint density at radius 3 is 2.58 bits per heavy atom. The Morgan fingerprint density at radius 2 is 2.08 bits per heavy atom. The average Bonchev–Trinajstić information content (AvgIpc) is 2.03. The summed E-state index contributed by atoms with van der Waals surface area (Å²) in [5.74, 6) is 0.153. The predicted molar refractivity (Wildman–Crippen MR) is 44.1 cm³/mol. The summed E-state index contributed by atoms with van der Waals surface area (Å²) in [6.07, 6.45) is -2.59. The number of hydrogen-bond donors (Lipinski definition) is 0. The summed E-state index contributed by atoms with van der Waals surface area (Å²) in [6, 6.07) is 0. The van der Waals surface area contributed by atoms with E-state index in [9.17, 15) is 13.2 Å². The van der Waals surface area contributed by atoms with Crippen molar-refractivity contribution in [3.63, 3.8) is 0 Å². The van der Waals surface area contributed by atoms with Crippen LogP contribution in [0, 0.1) is 5.92 Å². The molecule has 1 fully saturated rings. The maximum absolute atomic E-state index is 12.2. The SMILES string of the molecule is FC(F)(F)N1CCCC(CBr)C1. The van der Waals surface area contributed by atoms with Crippen LogP contribution >= 0.6 is 15.9 Å². The maximum atomic E-state index is 12.2.